The zero-order valence-electron chi connectivity index (χ0n) is 24.5. The molecule has 1 amide bonds. The molecule has 3 aromatic rings. The van der Waals surface area contributed by atoms with E-state index in [9.17, 15) is 4.79 Å². The normalized spacial score (nSPS) is 16.4. The fraction of sp³-hybridized carbons (Fsp3) is 0.600. The van der Waals surface area contributed by atoms with E-state index in [-0.39, 0.29) is 11.6 Å². The number of amides is 1. The van der Waals surface area contributed by atoms with Crippen LogP contribution >= 0.6 is 0 Å². The second kappa shape index (κ2) is 12.1. The molecule has 0 atom stereocenters. The smallest absolute Gasteiger partial charge is 0.407 e. The van der Waals surface area contributed by atoms with Crippen LogP contribution in [0, 0.1) is 0 Å². The molecule has 10 nitrogen and oxygen atoms in total. The van der Waals surface area contributed by atoms with Gasteiger partial charge in [-0.15, -0.1) is 0 Å². The highest BCUT2D eigenvalue weighted by Gasteiger charge is 2.29. The molecule has 1 saturated heterocycles. The molecule has 1 saturated carbocycles. The van der Waals surface area contributed by atoms with E-state index in [1.54, 1.807) is 0 Å². The van der Waals surface area contributed by atoms with Crippen molar-refractivity contribution in [2.75, 3.05) is 45.4 Å². The second-order valence-corrected chi connectivity index (χ2v) is 12.2. The van der Waals surface area contributed by atoms with Gasteiger partial charge in [0.15, 0.2) is 11.5 Å². The van der Waals surface area contributed by atoms with Gasteiger partial charge in [0.1, 0.15) is 5.82 Å². The van der Waals surface area contributed by atoms with Gasteiger partial charge in [0, 0.05) is 50.5 Å². The first-order valence-corrected chi connectivity index (χ1v) is 14.5. The molecule has 1 aromatic carbocycles. The third-order valence-electron chi connectivity index (χ3n) is 7.43. The summed E-state index contributed by atoms with van der Waals surface area (Å²) in [5.74, 6) is 1.67. The van der Waals surface area contributed by atoms with E-state index in [0.29, 0.717) is 18.7 Å². The fourth-order valence-corrected chi connectivity index (χ4v) is 5.18. The Balaban J connectivity index is 1.30. The van der Waals surface area contributed by atoms with Crippen LogP contribution in [-0.4, -0.2) is 82.8 Å². The van der Waals surface area contributed by atoms with E-state index in [1.807, 2.05) is 27.0 Å². The zero-order valence-corrected chi connectivity index (χ0v) is 24.5. The summed E-state index contributed by atoms with van der Waals surface area (Å²) >= 11 is 0. The van der Waals surface area contributed by atoms with Crippen molar-refractivity contribution in [3.8, 4) is 11.4 Å². The highest BCUT2D eigenvalue weighted by Crippen LogP contribution is 2.38. The lowest BCUT2D eigenvalue weighted by molar-refractivity contribution is 0.0854. The number of hydrogen-bond acceptors (Lipinski definition) is 8. The second-order valence-electron chi connectivity index (χ2n) is 12.2. The van der Waals surface area contributed by atoms with Gasteiger partial charge >= 0.3 is 6.09 Å². The molecule has 5 rings (SSSR count). The van der Waals surface area contributed by atoms with Crippen LogP contribution in [0.25, 0.3) is 22.4 Å². The molecule has 2 aromatic heterocycles. The molecule has 0 bridgehead atoms. The summed E-state index contributed by atoms with van der Waals surface area (Å²) in [6, 6.07) is 9.29. The Morgan fingerprint density at radius 2 is 1.93 bits per heavy atom. The zero-order chi connectivity index (χ0) is 28.3. The van der Waals surface area contributed by atoms with Crippen LogP contribution in [0.5, 0.6) is 0 Å². The number of nitrogens with one attached hydrogen (secondary N) is 1. The molecule has 216 valence electrons. The molecule has 1 aliphatic carbocycles. The molecular weight excluding hydrogens is 506 g/mol. The number of anilines is 1. The number of hydrogen-bond donors (Lipinski definition) is 1. The monoisotopic (exact) mass is 549 g/mol. The van der Waals surface area contributed by atoms with Gasteiger partial charge in [-0.1, -0.05) is 18.2 Å². The van der Waals surface area contributed by atoms with Gasteiger partial charge in [-0.2, -0.15) is 5.10 Å². The van der Waals surface area contributed by atoms with Gasteiger partial charge in [0.2, 0.25) is 0 Å². The number of benzene rings is 1. The number of fused-ring (bicyclic) bond motifs is 1. The van der Waals surface area contributed by atoms with Crippen LogP contribution in [0.15, 0.2) is 30.5 Å². The number of nitrogens with zero attached hydrogens (tertiary/aromatic N) is 6. The van der Waals surface area contributed by atoms with Crippen LogP contribution in [-0.2, 0) is 16.0 Å². The third kappa shape index (κ3) is 7.09. The average Bonchev–Trinajstić information content (AvgIpc) is 3.68. The Morgan fingerprint density at radius 1 is 1.15 bits per heavy atom. The first kappa shape index (κ1) is 28.3. The van der Waals surface area contributed by atoms with Crippen LogP contribution < -0.4 is 10.2 Å². The summed E-state index contributed by atoms with van der Waals surface area (Å²) in [4.78, 5) is 26.6. The molecule has 3 heterocycles. The van der Waals surface area contributed by atoms with Gasteiger partial charge < -0.3 is 24.6 Å². The molecule has 2 aliphatic rings. The lowest BCUT2D eigenvalue weighted by atomic mass is 10.1. The minimum absolute atomic E-state index is 0.300. The van der Waals surface area contributed by atoms with Crippen molar-refractivity contribution in [2.45, 2.75) is 77.0 Å². The summed E-state index contributed by atoms with van der Waals surface area (Å²) in [7, 11) is 4.22. The van der Waals surface area contributed by atoms with Crippen LogP contribution in [0.1, 0.15) is 64.5 Å². The molecule has 0 radical (unpaired) electrons. The van der Waals surface area contributed by atoms with Crippen LogP contribution in [0.4, 0.5) is 10.6 Å². The number of carbonyl (C=O) groups excluding carboxylic acids is 1. The predicted octanol–water partition coefficient (Wildman–Crippen LogP) is 4.79. The molecular formula is C30H43N7O3. The Kier molecular flexibility index (Phi) is 8.56. The van der Waals surface area contributed by atoms with E-state index in [2.05, 4.69) is 58.2 Å². The molecule has 1 N–H and O–H groups in total. The number of carbonyl (C=O) groups is 1. The van der Waals surface area contributed by atoms with Crippen molar-refractivity contribution in [3.63, 3.8) is 0 Å². The molecule has 40 heavy (non-hydrogen) atoms. The summed E-state index contributed by atoms with van der Waals surface area (Å²) in [5.41, 5.74) is 2.80. The Hall–Kier alpha value is -3.24. The van der Waals surface area contributed by atoms with Crippen molar-refractivity contribution >= 4 is 22.9 Å². The summed E-state index contributed by atoms with van der Waals surface area (Å²) in [5, 5.41) is 8.55. The van der Waals surface area contributed by atoms with Crippen LogP contribution in [0.3, 0.4) is 0 Å². The average molecular weight is 550 g/mol. The van der Waals surface area contributed by atoms with Crippen molar-refractivity contribution in [3.05, 3.63) is 36.0 Å². The third-order valence-corrected chi connectivity index (χ3v) is 7.43. The van der Waals surface area contributed by atoms with E-state index >= 15 is 0 Å². The van der Waals surface area contributed by atoms with Crippen molar-refractivity contribution in [2.24, 2.45) is 0 Å². The maximum atomic E-state index is 11.9. The van der Waals surface area contributed by atoms with Crippen molar-refractivity contribution in [1.29, 1.82) is 0 Å². The lowest BCUT2D eigenvalue weighted by Crippen LogP contribution is -2.41. The van der Waals surface area contributed by atoms with E-state index < -0.39 is 0 Å². The first-order chi connectivity index (χ1) is 19.2. The molecule has 2 fully saturated rings. The number of aromatic nitrogens is 4. The predicted molar refractivity (Wildman–Crippen MR) is 156 cm³/mol. The summed E-state index contributed by atoms with van der Waals surface area (Å²) in [6.07, 6.45) is 6.60. The minimum Gasteiger partial charge on any atom is -0.450 e. The molecule has 0 unspecified atom stereocenters. The van der Waals surface area contributed by atoms with Gasteiger partial charge in [-0.3, -0.25) is 0 Å². The lowest BCUT2D eigenvalue weighted by Gasteiger charge is -2.32. The molecule has 0 spiro atoms. The topological polar surface area (TPSA) is 97.6 Å². The highest BCUT2D eigenvalue weighted by atomic mass is 16.5. The fourth-order valence-electron chi connectivity index (χ4n) is 5.18. The molecule has 10 heteroatoms. The SMILES string of the molecule is CN(CCCOC(=O)NC(C)(C)C)Cc1cccc(-c2nc(N(C)C3CCOCC3)c3cnn(C4CC4)c3n2)c1. The van der Waals surface area contributed by atoms with Gasteiger partial charge in [-0.25, -0.2) is 19.4 Å². The first-order valence-electron chi connectivity index (χ1n) is 14.5. The van der Waals surface area contributed by atoms with Gasteiger partial charge in [-0.05, 0) is 71.6 Å². The van der Waals surface area contributed by atoms with E-state index in [0.717, 1.165) is 86.6 Å². The maximum Gasteiger partial charge on any atom is 0.407 e. The number of alkyl carbamates (subject to hydrolysis) is 1. The van der Waals surface area contributed by atoms with Gasteiger partial charge in [0.25, 0.3) is 0 Å². The van der Waals surface area contributed by atoms with Crippen molar-refractivity contribution in [1.82, 2.24) is 30.0 Å². The maximum absolute atomic E-state index is 11.9. The van der Waals surface area contributed by atoms with Crippen LogP contribution in [0.2, 0.25) is 0 Å². The summed E-state index contributed by atoms with van der Waals surface area (Å²) < 4.78 is 13.0. The van der Waals surface area contributed by atoms with Crippen molar-refractivity contribution < 1.29 is 14.3 Å². The Labute approximate surface area is 237 Å². The summed E-state index contributed by atoms with van der Waals surface area (Å²) in [6.45, 7) is 9.35. The largest absolute Gasteiger partial charge is 0.450 e. The minimum atomic E-state index is -0.371. The highest BCUT2D eigenvalue weighted by molar-refractivity contribution is 5.89. The van der Waals surface area contributed by atoms with E-state index in [1.165, 1.54) is 5.56 Å². The standard InChI is InChI=1S/C30H43N7O3/c1-30(2,3)34-29(38)40-15-7-14-35(4)20-21-8-6-9-22(18-21)26-32-27(36(5)23-12-16-39-17-13-23)25-19-31-37(24-10-11-24)28(25)33-26/h6,8-9,18-19,23-24H,7,10-17,20H2,1-5H3,(H,34,38). The Bertz CT molecular complexity index is 1310. The number of rotatable bonds is 10. The quantitative estimate of drug-likeness (QED) is 0.361. The number of ether oxygens (including phenoxy) is 2. The van der Waals surface area contributed by atoms with E-state index in [4.69, 9.17) is 24.5 Å². The molecule has 1 aliphatic heterocycles. The Morgan fingerprint density at radius 3 is 2.65 bits per heavy atom. The van der Waals surface area contributed by atoms with Gasteiger partial charge in [0.05, 0.1) is 24.2 Å².